The molecule has 1 aromatic heterocycles. The van der Waals surface area contributed by atoms with Crippen LogP contribution in [-0.2, 0) is 11.2 Å². The first-order valence-corrected chi connectivity index (χ1v) is 8.15. The summed E-state index contributed by atoms with van der Waals surface area (Å²) in [5.41, 5.74) is 2.03. The second-order valence-electron chi connectivity index (χ2n) is 5.42. The molecule has 22 heavy (non-hydrogen) atoms. The van der Waals surface area contributed by atoms with Gasteiger partial charge in [-0.1, -0.05) is 30.3 Å². The van der Waals surface area contributed by atoms with Gasteiger partial charge in [0.25, 0.3) is 0 Å². The number of ketones is 1. The predicted octanol–water partition coefficient (Wildman–Crippen LogP) is 2.49. The zero-order valence-electron chi connectivity index (χ0n) is 12.0. The van der Waals surface area contributed by atoms with Crippen molar-refractivity contribution in [1.29, 1.82) is 0 Å². The minimum absolute atomic E-state index is 0.0162. The number of hydrogen-bond donors (Lipinski definition) is 2. The number of aliphatic hydroxyl groups excluding tert-OH is 1. The number of fused-ring (bicyclic) bond motifs is 1. The molecule has 0 saturated carbocycles. The highest BCUT2D eigenvalue weighted by Crippen LogP contribution is 2.31. The van der Waals surface area contributed by atoms with Gasteiger partial charge in [-0.2, -0.15) is 0 Å². The number of aliphatic hydroxyl groups is 1. The summed E-state index contributed by atoms with van der Waals surface area (Å²) < 4.78 is 0. The van der Waals surface area contributed by atoms with Gasteiger partial charge in [0, 0.05) is 19.3 Å². The molecule has 5 heteroatoms. The molecule has 0 unspecified atom stereocenters. The lowest BCUT2D eigenvalue weighted by Gasteiger charge is -2.17. The average molecular weight is 315 g/mol. The van der Waals surface area contributed by atoms with E-state index in [4.69, 9.17) is 0 Å². The van der Waals surface area contributed by atoms with Crippen LogP contribution < -0.4 is 5.32 Å². The molecule has 2 aromatic rings. The first kappa shape index (κ1) is 14.9. The number of carbonyl (C=O) groups is 2. The molecule has 1 aliphatic rings. The highest BCUT2D eigenvalue weighted by molar-refractivity contribution is 7.12. The largest absolute Gasteiger partial charge is 0.390 e. The Balaban J connectivity index is 1.57. The maximum absolute atomic E-state index is 12.1. The van der Waals surface area contributed by atoms with Crippen LogP contribution in [-0.4, -0.2) is 22.9 Å². The Bertz CT molecular complexity index is 681. The number of benzene rings is 1. The van der Waals surface area contributed by atoms with Gasteiger partial charge in [-0.25, -0.2) is 0 Å². The summed E-state index contributed by atoms with van der Waals surface area (Å²) in [5.74, 6) is -0.219. The van der Waals surface area contributed by atoms with Gasteiger partial charge in [-0.05, 0) is 22.6 Å². The van der Waals surface area contributed by atoms with E-state index in [1.807, 2.05) is 35.7 Å². The minimum Gasteiger partial charge on any atom is -0.390 e. The lowest BCUT2D eigenvalue weighted by molar-refractivity contribution is -0.122. The van der Waals surface area contributed by atoms with Crippen LogP contribution in [0.25, 0.3) is 0 Å². The molecule has 4 nitrogen and oxygen atoms in total. The highest BCUT2D eigenvalue weighted by atomic mass is 32.1. The van der Waals surface area contributed by atoms with Gasteiger partial charge >= 0.3 is 0 Å². The topological polar surface area (TPSA) is 66.4 Å². The number of rotatable bonds is 5. The van der Waals surface area contributed by atoms with Crippen molar-refractivity contribution in [1.82, 2.24) is 5.32 Å². The van der Waals surface area contributed by atoms with Crippen molar-refractivity contribution in [2.45, 2.75) is 31.4 Å². The molecule has 0 aliphatic heterocycles. The van der Waals surface area contributed by atoms with Crippen molar-refractivity contribution < 1.29 is 14.7 Å². The van der Waals surface area contributed by atoms with Crippen LogP contribution in [0.1, 0.15) is 39.7 Å². The Labute approximate surface area is 132 Å². The maximum Gasteiger partial charge on any atom is 0.221 e. The quantitative estimate of drug-likeness (QED) is 0.833. The molecular weight excluding hydrogens is 298 g/mol. The maximum atomic E-state index is 12.1. The van der Waals surface area contributed by atoms with Crippen LogP contribution >= 0.6 is 11.3 Å². The molecule has 114 valence electrons. The third-order valence-electron chi connectivity index (χ3n) is 3.90. The number of carbonyl (C=O) groups excluding carboxylic acids is 2. The zero-order chi connectivity index (χ0) is 15.5. The molecule has 0 radical (unpaired) electrons. The SMILES string of the molecule is O=C(CCC(=O)c1cccs1)N[C@@H]1c2ccccc2C[C@@H]1O. The van der Waals surface area contributed by atoms with Crippen molar-refractivity contribution in [3.05, 3.63) is 57.8 Å². The average Bonchev–Trinajstić information content (AvgIpc) is 3.14. The Morgan fingerprint density at radius 3 is 2.77 bits per heavy atom. The number of Topliss-reactive ketones (excluding diaryl/α,β-unsaturated/α-hetero) is 1. The lowest BCUT2D eigenvalue weighted by Crippen LogP contribution is -2.33. The first-order valence-electron chi connectivity index (χ1n) is 7.27. The van der Waals surface area contributed by atoms with Crippen LogP contribution in [0.4, 0.5) is 0 Å². The molecule has 1 heterocycles. The first-order chi connectivity index (χ1) is 10.6. The van der Waals surface area contributed by atoms with E-state index in [0.29, 0.717) is 11.3 Å². The molecule has 0 bridgehead atoms. The summed E-state index contributed by atoms with van der Waals surface area (Å²) in [7, 11) is 0. The molecule has 1 aliphatic carbocycles. The number of nitrogens with one attached hydrogen (secondary N) is 1. The van der Waals surface area contributed by atoms with Gasteiger partial charge in [0.1, 0.15) is 0 Å². The van der Waals surface area contributed by atoms with Crippen LogP contribution in [0.15, 0.2) is 41.8 Å². The van der Waals surface area contributed by atoms with Crippen molar-refractivity contribution in [3.8, 4) is 0 Å². The normalized spacial score (nSPS) is 19.7. The summed E-state index contributed by atoms with van der Waals surface area (Å²) in [6.45, 7) is 0. The van der Waals surface area contributed by atoms with E-state index in [9.17, 15) is 14.7 Å². The van der Waals surface area contributed by atoms with Crippen LogP contribution in [0.3, 0.4) is 0 Å². The third kappa shape index (κ3) is 3.10. The Morgan fingerprint density at radius 1 is 1.18 bits per heavy atom. The van der Waals surface area contributed by atoms with Crippen LogP contribution in [0, 0.1) is 0 Å². The fourth-order valence-electron chi connectivity index (χ4n) is 2.78. The van der Waals surface area contributed by atoms with Gasteiger partial charge in [0.15, 0.2) is 5.78 Å². The second kappa shape index (κ2) is 6.42. The Morgan fingerprint density at radius 2 is 2.00 bits per heavy atom. The summed E-state index contributed by atoms with van der Waals surface area (Å²) in [4.78, 5) is 24.6. The van der Waals surface area contributed by atoms with Gasteiger partial charge in [0.2, 0.25) is 5.91 Å². The van der Waals surface area contributed by atoms with Crippen molar-refractivity contribution in [2.24, 2.45) is 0 Å². The molecule has 2 N–H and O–H groups in total. The number of thiophene rings is 1. The van der Waals surface area contributed by atoms with Crippen LogP contribution in [0.2, 0.25) is 0 Å². The summed E-state index contributed by atoms with van der Waals surface area (Å²) in [6, 6.07) is 10.9. The van der Waals surface area contributed by atoms with E-state index in [1.165, 1.54) is 11.3 Å². The van der Waals surface area contributed by atoms with E-state index in [-0.39, 0.29) is 30.6 Å². The van der Waals surface area contributed by atoms with Crippen molar-refractivity contribution in [3.63, 3.8) is 0 Å². The van der Waals surface area contributed by atoms with Gasteiger partial charge < -0.3 is 10.4 Å². The number of hydrogen-bond acceptors (Lipinski definition) is 4. The predicted molar refractivity (Wildman–Crippen MR) is 84.9 cm³/mol. The van der Waals surface area contributed by atoms with Gasteiger partial charge in [-0.15, -0.1) is 11.3 Å². The fourth-order valence-corrected chi connectivity index (χ4v) is 3.48. The Hall–Kier alpha value is -1.98. The monoisotopic (exact) mass is 315 g/mol. The molecular formula is C17H17NO3S. The Kier molecular flexibility index (Phi) is 4.36. The van der Waals surface area contributed by atoms with E-state index < -0.39 is 6.10 Å². The second-order valence-corrected chi connectivity index (χ2v) is 6.36. The lowest BCUT2D eigenvalue weighted by atomic mass is 10.1. The van der Waals surface area contributed by atoms with Gasteiger partial charge in [-0.3, -0.25) is 9.59 Å². The fraction of sp³-hybridized carbons (Fsp3) is 0.294. The zero-order valence-corrected chi connectivity index (χ0v) is 12.8. The molecule has 1 aromatic carbocycles. The van der Waals surface area contributed by atoms with E-state index in [2.05, 4.69) is 5.32 Å². The summed E-state index contributed by atoms with van der Waals surface area (Å²) >= 11 is 1.39. The third-order valence-corrected chi connectivity index (χ3v) is 4.81. The molecule has 0 spiro atoms. The smallest absolute Gasteiger partial charge is 0.221 e. The van der Waals surface area contributed by atoms with Crippen molar-refractivity contribution >= 4 is 23.0 Å². The minimum atomic E-state index is -0.602. The molecule has 0 fully saturated rings. The molecule has 2 atom stereocenters. The summed E-state index contributed by atoms with van der Waals surface area (Å²) in [5, 5.41) is 14.8. The molecule has 1 amide bonds. The van der Waals surface area contributed by atoms with E-state index >= 15 is 0 Å². The summed E-state index contributed by atoms with van der Waals surface area (Å²) in [6.07, 6.45) is 0.281. The standard InChI is InChI=1S/C17H17NO3S/c19-13(15-6-3-9-22-15)7-8-16(21)18-17-12-5-2-1-4-11(12)10-14(17)20/h1-6,9,14,17,20H,7-8,10H2,(H,18,21)/t14-,17+/m0/s1. The number of amides is 1. The molecule has 3 rings (SSSR count). The molecule has 0 saturated heterocycles. The van der Waals surface area contributed by atoms with Crippen LogP contribution in [0.5, 0.6) is 0 Å². The van der Waals surface area contributed by atoms with Gasteiger partial charge in [0.05, 0.1) is 17.0 Å². The van der Waals surface area contributed by atoms with E-state index in [1.54, 1.807) is 6.07 Å². The van der Waals surface area contributed by atoms with Crippen molar-refractivity contribution in [2.75, 3.05) is 0 Å². The van der Waals surface area contributed by atoms with E-state index in [0.717, 1.165) is 11.1 Å². The highest BCUT2D eigenvalue weighted by Gasteiger charge is 2.31.